The Bertz CT molecular complexity index is 534. The van der Waals surface area contributed by atoms with Gasteiger partial charge >= 0.3 is 0 Å². The van der Waals surface area contributed by atoms with Crippen LogP contribution >= 0.6 is 31.9 Å². The average molecular weight is 359 g/mol. The molecule has 0 radical (unpaired) electrons. The molecule has 0 aliphatic carbocycles. The number of rotatable bonds is 3. The molecule has 17 heavy (non-hydrogen) atoms. The van der Waals surface area contributed by atoms with Gasteiger partial charge in [-0.1, -0.05) is 0 Å². The van der Waals surface area contributed by atoms with Crippen molar-refractivity contribution in [2.24, 2.45) is 5.73 Å². The maximum absolute atomic E-state index is 5.64. The maximum atomic E-state index is 5.64. The molecule has 2 heterocycles. The van der Waals surface area contributed by atoms with E-state index < -0.39 is 0 Å². The van der Waals surface area contributed by atoms with Gasteiger partial charge in [-0.2, -0.15) is 0 Å². The van der Waals surface area contributed by atoms with E-state index in [1.807, 2.05) is 12.1 Å². The van der Waals surface area contributed by atoms with Crippen molar-refractivity contribution in [3.8, 4) is 11.6 Å². The molecule has 4 nitrogen and oxygen atoms in total. The van der Waals surface area contributed by atoms with Crippen LogP contribution in [0.2, 0.25) is 0 Å². The van der Waals surface area contributed by atoms with Gasteiger partial charge in [0.1, 0.15) is 5.75 Å². The van der Waals surface area contributed by atoms with Gasteiger partial charge in [0.05, 0.1) is 6.20 Å². The van der Waals surface area contributed by atoms with Crippen LogP contribution in [0.4, 0.5) is 0 Å². The molecule has 0 fully saturated rings. The number of halogens is 2. The lowest BCUT2D eigenvalue weighted by Crippen LogP contribution is -2.01. The summed E-state index contributed by atoms with van der Waals surface area (Å²) in [4.78, 5) is 8.20. The van der Waals surface area contributed by atoms with Gasteiger partial charge in [0.25, 0.3) is 0 Å². The normalized spacial score (nSPS) is 10.3. The van der Waals surface area contributed by atoms with Gasteiger partial charge in [0.2, 0.25) is 5.88 Å². The van der Waals surface area contributed by atoms with Crippen molar-refractivity contribution < 1.29 is 4.74 Å². The van der Waals surface area contributed by atoms with Gasteiger partial charge in [0, 0.05) is 33.4 Å². The maximum Gasteiger partial charge on any atom is 0.223 e. The van der Waals surface area contributed by atoms with E-state index in [4.69, 9.17) is 10.5 Å². The zero-order chi connectivity index (χ0) is 12.3. The van der Waals surface area contributed by atoms with Crippen LogP contribution in [-0.2, 0) is 6.54 Å². The molecule has 0 aromatic carbocycles. The fourth-order valence-electron chi connectivity index (χ4n) is 1.27. The lowest BCUT2D eigenvalue weighted by Gasteiger charge is -2.08. The molecule has 0 saturated heterocycles. The number of ether oxygens (including phenoxy) is 1. The molecular weight excluding hydrogens is 350 g/mol. The molecule has 6 heteroatoms. The Balaban J connectivity index is 2.29. The smallest absolute Gasteiger partial charge is 0.223 e. The summed E-state index contributed by atoms with van der Waals surface area (Å²) in [5.41, 5.74) is 6.47. The van der Waals surface area contributed by atoms with Crippen molar-refractivity contribution in [3.63, 3.8) is 0 Å². The molecule has 2 N–H and O–H groups in total. The Labute approximate surface area is 115 Å². The van der Waals surface area contributed by atoms with E-state index in [-0.39, 0.29) is 0 Å². The molecule has 2 rings (SSSR count). The van der Waals surface area contributed by atoms with Crippen molar-refractivity contribution >= 4 is 31.9 Å². The first kappa shape index (κ1) is 12.5. The van der Waals surface area contributed by atoms with E-state index in [0.29, 0.717) is 18.2 Å². The van der Waals surface area contributed by atoms with Gasteiger partial charge in [-0.15, -0.1) is 0 Å². The van der Waals surface area contributed by atoms with Crippen molar-refractivity contribution in [2.75, 3.05) is 0 Å². The zero-order valence-electron chi connectivity index (χ0n) is 8.73. The van der Waals surface area contributed by atoms with Gasteiger partial charge in [0.15, 0.2) is 0 Å². The fourth-order valence-corrected chi connectivity index (χ4v) is 1.99. The number of nitrogens with two attached hydrogens (primary N) is 1. The minimum absolute atomic E-state index is 0.364. The third kappa shape index (κ3) is 3.24. The number of hydrogen-bond donors (Lipinski definition) is 1. The number of hydrogen-bond acceptors (Lipinski definition) is 4. The van der Waals surface area contributed by atoms with Crippen molar-refractivity contribution in [1.29, 1.82) is 0 Å². The highest BCUT2D eigenvalue weighted by Gasteiger charge is 2.06. The van der Waals surface area contributed by atoms with Crippen LogP contribution in [-0.4, -0.2) is 9.97 Å². The third-order valence-corrected chi connectivity index (χ3v) is 2.87. The predicted octanol–water partition coefficient (Wildman–Crippen LogP) is 3.25. The summed E-state index contributed by atoms with van der Waals surface area (Å²) in [6.45, 7) is 0.364. The second-order valence-electron chi connectivity index (χ2n) is 3.26. The van der Waals surface area contributed by atoms with Gasteiger partial charge in [-0.3, -0.25) is 4.98 Å². The van der Waals surface area contributed by atoms with Crippen LogP contribution in [0.25, 0.3) is 0 Å². The van der Waals surface area contributed by atoms with Crippen molar-refractivity contribution in [2.45, 2.75) is 6.54 Å². The summed E-state index contributed by atoms with van der Waals surface area (Å²) in [6, 6.07) is 3.70. The van der Waals surface area contributed by atoms with Crippen LogP contribution in [0, 0.1) is 0 Å². The highest BCUT2D eigenvalue weighted by molar-refractivity contribution is 9.10. The average Bonchev–Trinajstić information content (AvgIpc) is 2.31. The molecule has 88 valence electrons. The summed E-state index contributed by atoms with van der Waals surface area (Å²) in [5.74, 6) is 1.11. The minimum atomic E-state index is 0.364. The second kappa shape index (κ2) is 5.57. The van der Waals surface area contributed by atoms with Crippen LogP contribution in [0.3, 0.4) is 0 Å². The van der Waals surface area contributed by atoms with E-state index in [1.54, 1.807) is 18.6 Å². The summed E-state index contributed by atoms with van der Waals surface area (Å²) < 4.78 is 7.35. The Morgan fingerprint density at radius 3 is 2.59 bits per heavy atom. The van der Waals surface area contributed by atoms with Gasteiger partial charge < -0.3 is 10.5 Å². The molecule has 2 aromatic rings. The Kier molecular flexibility index (Phi) is 4.09. The highest BCUT2D eigenvalue weighted by Crippen LogP contribution is 2.26. The predicted molar refractivity (Wildman–Crippen MR) is 71.8 cm³/mol. The van der Waals surface area contributed by atoms with E-state index in [1.165, 1.54) is 0 Å². The molecular formula is C11H9Br2N3O. The fraction of sp³-hybridized carbons (Fsp3) is 0.0909. The first-order valence-corrected chi connectivity index (χ1v) is 6.40. The molecule has 2 aromatic heterocycles. The molecule has 0 saturated carbocycles. The van der Waals surface area contributed by atoms with E-state index in [9.17, 15) is 0 Å². The van der Waals surface area contributed by atoms with Gasteiger partial charge in [-0.05, 0) is 44.0 Å². The molecule has 0 bridgehead atoms. The van der Waals surface area contributed by atoms with E-state index in [0.717, 1.165) is 14.5 Å². The summed E-state index contributed by atoms with van der Waals surface area (Å²) in [6.07, 6.45) is 4.97. The monoisotopic (exact) mass is 357 g/mol. The van der Waals surface area contributed by atoms with E-state index >= 15 is 0 Å². The Hall–Kier alpha value is -0.980. The minimum Gasteiger partial charge on any atom is -0.437 e. The molecule has 0 unspecified atom stereocenters. The van der Waals surface area contributed by atoms with Crippen LogP contribution in [0.1, 0.15) is 5.56 Å². The molecule has 0 aliphatic rings. The molecule has 0 atom stereocenters. The van der Waals surface area contributed by atoms with Crippen LogP contribution in [0.15, 0.2) is 39.7 Å². The lowest BCUT2D eigenvalue weighted by atomic mass is 10.3. The highest BCUT2D eigenvalue weighted by atomic mass is 79.9. The second-order valence-corrected chi connectivity index (χ2v) is 5.09. The van der Waals surface area contributed by atoms with Crippen LogP contribution < -0.4 is 10.5 Å². The summed E-state index contributed by atoms with van der Waals surface area (Å²) in [7, 11) is 0. The lowest BCUT2D eigenvalue weighted by molar-refractivity contribution is 0.453. The summed E-state index contributed by atoms with van der Waals surface area (Å²) in [5, 5.41) is 0. The first-order chi connectivity index (χ1) is 8.19. The summed E-state index contributed by atoms with van der Waals surface area (Å²) >= 11 is 6.67. The van der Waals surface area contributed by atoms with Crippen molar-refractivity contribution in [3.05, 3.63) is 45.2 Å². The molecule has 0 spiro atoms. The third-order valence-electron chi connectivity index (χ3n) is 2.01. The van der Waals surface area contributed by atoms with Crippen molar-refractivity contribution in [1.82, 2.24) is 9.97 Å². The number of nitrogens with zero attached hydrogens (tertiary/aromatic N) is 2. The van der Waals surface area contributed by atoms with Gasteiger partial charge in [-0.25, -0.2) is 4.98 Å². The van der Waals surface area contributed by atoms with Crippen LogP contribution in [0.5, 0.6) is 11.6 Å². The SMILES string of the molecule is NCc1cc(Br)cnc1Oc1cncc(Br)c1. The molecule has 0 amide bonds. The standard InChI is InChI=1S/C11H9Br2N3O/c12-8-1-7(3-14)11(16-5-8)17-10-2-9(13)4-15-6-10/h1-2,4-6H,3,14H2. The molecule has 0 aliphatic heterocycles. The largest absolute Gasteiger partial charge is 0.437 e. The van der Waals surface area contributed by atoms with E-state index in [2.05, 4.69) is 41.8 Å². The zero-order valence-corrected chi connectivity index (χ0v) is 11.9. The Morgan fingerprint density at radius 1 is 1.12 bits per heavy atom. The quantitative estimate of drug-likeness (QED) is 0.914. The Morgan fingerprint density at radius 2 is 1.88 bits per heavy atom. The first-order valence-electron chi connectivity index (χ1n) is 4.82. The number of aromatic nitrogens is 2. The topological polar surface area (TPSA) is 61.0 Å². The number of pyridine rings is 2.